The van der Waals surface area contributed by atoms with Gasteiger partial charge in [-0.05, 0) is 24.6 Å². The number of aryl methyl sites for hydroxylation is 1. The van der Waals surface area contributed by atoms with E-state index in [0.717, 1.165) is 18.0 Å². The Kier molecular flexibility index (Phi) is 3.82. The minimum atomic E-state index is -3.92. The van der Waals surface area contributed by atoms with E-state index in [2.05, 4.69) is 15.3 Å². The van der Waals surface area contributed by atoms with E-state index in [1.165, 1.54) is 6.07 Å². The Morgan fingerprint density at radius 2 is 1.90 bits per heavy atom. The van der Waals surface area contributed by atoms with E-state index in [-0.39, 0.29) is 22.2 Å². The van der Waals surface area contributed by atoms with Crippen LogP contribution in [0.5, 0.6) is 0 Å². The maximum atomic E-state index is 11.5. The molecule has 10 heteroatoms. The van der Waals surface area contributed by atoms with E-state index in [1.807, 2.05) is 0 Å². The fourth-order valence-corrected chi connectivity index (χ4v) is 2.26. The number of nitrogens with two attached hydrogens (primary N) is 1. The van der Waals surface area contributed by atoms with Gasteiger partial charge in [0.15, 0.2) is 0 Å². The van der Waals surface area contributed by atoms with Crippen LogP contribution in [0.3, 0.4) is 0 Å². The largest absolute Gasteiger partial charge is 0.323 e. The summed E-state index contributed by atoms with van der Waals surface area (Å²) >= 11 is 0. The first-order chi connectivity index (χ1) is 9.77. The normalized spacial score (nSPS) is 11.1. The Labute approximate surface area is 120 Å². The number of nitro groups is 1. The van der Waals surface area contributed by atoms with Gasteiger partial charge in [0.2, 0.25) is 16.0 Å². The first-order valence-electron chi connectivity index (χ1n) is 5.64. The van der Waals surface area contributed by atoms with Crippen LogP contribution in [-0.2, 0) is 10.0 Å². The van der Waals surface area contributed by atoms with Gasteiger partial charge < -0.3 is 5.32 Å². The van der Waals surface area contributed by atoms with Crippen LogP contribution in [0, 0.1) is 17.0 Å². The number of hydrogen-bond donors (Lipinski definition) is 2. The lowest BCUT2D eigenvalue weighted by Crippen LogP contribution is -2.14. The molecule has 21 heavy (non-hydrogen) atoms. The molecule has 1 aromatic carbocycles. The Balaban J connectivity index is 2.39. The molecule has 0 aliphatic carbocycles. The Morgan fingerprint density at radius 3 is 2.43 bits per heavy atom. The van der Waals surface area contributed by atoms with Crippen molar-refractivity contribution < 1.29 is 13.3 Å². The van der Waals surface area contributed by atoms with E-state index in [4.69, 9.17) is 5.14 Å². The number of nitrogens with one attached hydrogen (secondary N) is 1. The third kappa shape index (κ3) is 3.49. The van der Waals surface area contributed by atoms with Crippen molar-refractivity contribution >= 4 is 27.3 Å². The van der Waals surface area contributed by atoms with Crippen LogP contribution < -0.4 is 10.5 Å². The summed E-state index contributed by atoms with van der Waals surface area (Å²) in [6.45, 7) is 1.77. The van der Waals surface area contributed by atoms with Gasteiger partial charge in [-0.1, -0.05) is 6.07 Å². The predicted molar refractivity (Wildman–Crippen MR) is 74.5 cm³/mol. The van der Waals surface area contributed by atoms with Gasteiger partial charge in [-0.2, -0.15) is 0 Å². The second-order valence-corrected chi connectivity index (χ2v) is 5.72. The van der Waals surface area contributed by atoms with Crippen molar-refractivity contribution in [2.24, 2.45) is 5.14 Å². The van der Waals surface area contributed by atoms with E-state index < -0.39 is 14.9 Å². The molecule has 9 nitrogen and oxygen atoms in total. The summed E-state index contributed by atoms with van der Waals surface area (Å²) in [4.78, 5) is 17.3. The number of aromatic nitrogens is 2. The van der Waals surface area contributed by atoms with Crippen molar-refractivity contribution in [1.29, 1.82) is 0 Å². The maximum absolute atomic E-state index is 11.5. The summed E-state index contributed by atoms with van der Waals surface area (Å²) in [5, 5.41) is 18.3. The summed E-state index contributed by atoms with van der Waals surface area (Å²) in [5.41, 5.74) is 0.731. The SMILES string of the molecule is Cc1ccc(S(N)(=O)=O)c(Nc2ncc([N+](=O)[O-])cn2)c1. The first-order valence-corrected chi connectivity index (χ1v) is 7.19. The van der Waals surface area contributed by atoms with Crippen LogP contribution in [0.4, 0.5) is 17.3 Å². The summed E-state index contributed by atoms with van der Waals surface area (Å²) in [6.07, 6.45) is 2.03. The molecule has 0 bridgehead atoms. The molecule has 3 N–H and O–H groups in total. The summed E-state index contributed by atoms with van der Waals surface area (Å²) in [6, 6.07) is 4.52. The quantitative estimate of drug-likeness (QED) is 0.635. The smallest absolute Gasteiger partial charge is 0.305 e. The Morgan fingerprint density at radius 1 is 1.29 bits per heavy atom. The molecule has 0 saturated heterocycles. The molecular formula is C11H11N5O4S. The number of anilines is 2. The molecule has 110 valence electrons. The van der Waals surface area contributed by atoms with Crippen molar-refractivity contribution in [2.45, 2.75) is 11.8 Å². The number of sulfonamides is 1. The van der Waals surface area contributed by atoms with E-state index >= 15 is 0 Å². The summed E-state index contributed by atoms with van der Waals surface area (Å²) in [7, 11) is -3.92. The number of hydrogen-bond acceptors (Lipinski definition) is 7. The van der Waals surface area contributed by atoms with Gasteiger partial charge in [0.25, 0.3) is 0 Å². The van der Waals surface area contributed by atoms with Crippen molar-refractivity contribution in [2.75, 3.05) is 5.32 Å². The van der Waals surface area contributed by atoms with E-state index in [0.29, 0.717) is 0 Å². The van der Waals surface area contributed by atoms with E-state index in [9.17, 15) is 18.5 Å². The van der Waals surface area contributed by atoms with Gasteiger partial charge in [-0.15, -0.1) is 0 Å². The molecule has 0 amide bonds. The average molecular weight is 309 g/mol. The maximum Gasteiger partial charge on any atom is 0.305 e. The van der Waals surface area contributed by atoms with Crippen LogP contribution in [0.15, 0.2) is 35.5 Å². The highest BCUT2D eigenvalue weighted by atomic mass is 32.2. The standard InChI is InChI=1S/C11H11N5O4S/c1-7-2-3-10(21(12,19)20)9(4-7)15-11-13-5-8(6-14-11)16(17)18/h2-6H,1H3,(H2,12,19,20)(H,13,14,15). The summed E-state index contributed by atoms with van der Waals surface area (Å²) < 4.78 is 23.0. The van der Waals surface area contributed by atoms with Crippen LogP contribution in [0.25, 0.3) is 0 Å². The van der Waals surface area contributed by atoms with Crippen molar-refractivity contribution in [3.8, 4) is 0 Å². The third-order valence-electron chi connectivity index (χ3n) is 2.54. The minimum Gasteiger partial charge on any atom is -0.323 e. The fourth-order valence-electron chi connectivity index (χ4n) is 1.59. The molecule has 0 aliphatic rings. The van der Waals surface area contributed by atoms with Gasteiger partial charge in [-0.3, -0.25) is 10.1 Å². The number of benzene rings is 1. The highest BCUT2D eigenvalue weighted by Crippen LogP contribution is 2.24. The average Bonchev–Trinajstić information content (AvgIpc) is 2.38. The molecule has 0 aliphatic heterocycles. The molecular weight excluding hydrogens is 298 g/mol. The number of rotatable bonds is 4. The van der Waals surface area contributed by atoms with Gasteiger partial charge in [-0.25, -0.2) is 23.5 Å². The highest BCUT2D eigenvalue weighted by Gasteiger charge is 2.15. The minimum absolute atomic E-state index is 0.0242. The van der Waals surface area contributed by atoms with Crippen molar-refractivity contribution in [1.82, 2.24) is 9.97 Å². The second kappa shape index (κ2) is 5.42. The van der Waals surface area contributed by atoms with Crippen molar-refractivity contribution in [3.63, 3.8) is 0 Å². The lowest BCUT2D eigenvalue weighted by Gasteiger charge is -2.10. The van der Waals surface area contributed by atoms with Crippen LogP contribution in [0.2, 0.25) is 0 Å². The topological polar surface area (TPSA) is 141 Å². The van der Waals surface area contributed by atoms with Crippen LogP contribution >= 0.6 is 0 Å². The molecule has 0 atom stereocenters. The Bertz CT molecular complexity index is 789. The lowest BCUT2D eigenvalue weighted by atomic mass is 10.2. The molecule has 1 aromatic heterocycles. The van der Waals surface area contributed by atoms with Gasteiger partial charge >= 0.3 is 5.69 Å². The van der Waals surface area contributed by atoms with Crippen molar-refractivity contribution in [3.05, 3.63) is 46.3 Å². The van der Waals surface area contributed by atoms with Crippen LogP contribution in [-0.4, -0.2) is 23.3 Å². The second-order valence-electron chi connectivity index (χ2n) is 4.19. The number of primary sulfonamides is 1. The number of nitrogens with zero attached hydrogens (tertiary/aromatic N) is 3. The van der Waals surface area contributed by atoms with E-state index in [1.54, 1.807) is 19.1 Å². The van der Waals surface area contributed by atoms with Gasteiger partial charge in [0.05, 0.1) is 10.6 Å². The van der Waals surface area contributed by atoms with Gasteiger partial charge in [0, 0.05) is 0 Å². The third-order valence-corrected chi connectivity index (χ3v) is 3.51. The highest BCUT2D eigenvalue weighted by molar-refractivity contribution is 7.89. The molecule has 2 aromatic rings. The Hall–Kier alpha value is -2.59. The molecule has 0 fully saturated rings. The predicted octanol–water partition coefficient (Wildman–Crippen LogP) is 1.08. The van der Waals surface area contributed by atoms with Gasteiger partial charge in [0.1, 0.15) is 17.3 Å². The molecule has 1 heterocycles. The monoisotopic (exact) mass is 309 g/mol. The first kappa shape index (κ1) is 14.8. The molecule has 0 radical (unpaired) electrons. The summed E-state index contributed by atoms with van der Waals surface area (Å²) in [5.74, 6) is 0.0242. The molecule has 0 saturated carbocycles. The zero-order valence-electron chi connectivity index (χ0n) is 10.8. The lowest BCUT2D eigenvalue weighted by molar-refractivity contribution is -0.385. The zero-order valence-corrected chi connectivity index (χ0v) is 11.7. The van der Waals surface area contributed by atoms with Crippen LogP contribution in [0.1, 0.15) is 5.56 Å². The fraction of sp³-hybridized carbons (Fsp3) is 0.0909. The zero-order chi connectivity index (χ0) is 15.6. The molecule has 0 unspecified atom stereocenters. The molecule has 2 rings (SSSR count). The molecule has 0 spiro atoms.